The molecule has 9 nitrogen and oxygen atoms in total. The second kappa shape index (κ2) is 11.2. The van der Waals surface area contributed by atoms with Crippen LogP contribution in [0, 0.1) is 0 Å². The third-order valence-electron chi connectivity index (χ3n) is 5.19. The highest BCUT2D eigenvalue weighted by Crippen LogP contribution is 2.28. The van der Waals surface area contributed by atoms with Crippen molar-refractivity contribution in [3.63, 3.8) is 0 Å². The maximum Gasteiger partial charge on any atom is 0.328 e. The summed E-state index contributed by atoms with van der Waals surface area (Å²) in [5.74, 6) is -1.45. The van der Waals surface area contributed by atoms with Gasteiger partial charge in [-0.1, -0.05) is 40.9 Å². The lowest BCUT2D eigenvalue weighted by molar-refractivity contribution is -0.142. The van der Waals surface area contributed by atoms with Crippen molar-refractivity contribution in [1.29, 1.82) is 0 Å². The summed E-state index contributed by atoms with van der Waals surface area (Å²) in [6.45, 7) is 0. The number of esters is 1. The molecule has 1 amide bonds. The predicted molar refractivity (Wildman–Crippen MR) is 143 cm³/mol. The Morgan fingerprint density at radius 3 is 2.59 bits per heavy atom. The van der Waals surface area contributed by atoms with Gasteiger partial charge in [0.2, 0.25) is 0 Å². The molecule has 0 spiro atoms. The van der Waals surface area contributed by atoms with E-state index in [4.69, 9.17) is 39.5 Å². The van der Waals surface area contributed by atoms with E-state index >= 15 is 0 Å². The molecule has 4 rings (SSSR count). The molecule has 2 aromatic heterocycles. The first-order chi connectivity index (χ1) is 17.6. The highest BCUT2D eigenvalue weighted by atomic mass is 35.5. The number of ether oxygens (including phenoxy) is 1. The summed E-state index contributed by atoms with van der Waals surface area (Å²) in [5, 5.41) is 3.47. The zero-order chi connectivity index (χ0) is 26.7. The van der Waals surface area contributed by atoms with Gasteiger partial charge in [0.25, 0.3) is 15.9 Å². The Labute approximate surface area is 230 Å². The average molecular weight is 600 g/mol. The van der Waals surface area contributed by atoms with Crippen LogP contribution in [0.4, 0.5) is 5.69 Å². The van der Waals surface area contributed by atoms with Gasteiger partial charge >= 0.3 is 5.97 Å². The molecule has 192 valence electrons. The topological polar surface area (TPSA) is 127 Å². The van der Waals surface area contributed by atoms with Crippen LogP contribution in [0.15, 0.2) is 59.9 Å². The first kappa shape index (κ1) is 27.1. The van der Waals surface area contributed by atoms with Crippen LogP contribution in [0.2, 0.25) is 15.1 Å². The average Bonchev–Trinajstić information content (AvgIpc) is 3.34. The van der Waals surface area contributed by atoms with Gasteiger partial charge in [-0.05, 0) is 53.5 Å². The fourth-order valence-electron chi connectivity index (χ4n) is 3.45. The van der Waals surface area contributed by atoms with E-state index in [1.165, 1.54) is 37.7 Å². The lowest BCUT2D eigenvalue weighted by atomic mass is 10.0. The molecule has 0 saturated heterocycles. The Morgan fingerprint density at radius 1 is 1.08 bits per heavy atom. The van der Waals surface area contributed by atoms with E-state index in [9.17, 15) is 18.0 Å². The van der Waals surface area contributed by atoms with Crippen molar-refractivity contribution in [3.8, 4) is 0 Å². The molecule has 0 fully saturated rings. The van der Waals surface area contributed by atoms with Crippen molar-refractivity contribution >= 4 is 84.0 Å². The molecule has 0 aliphatic carbocycles. The SMILES string of the molecule is COC(=O)[C@H](Cc1ccc(Cl)c(Cl)c1)NC(=O)c1ccc(Cl)cc1NS(=O)(=O)c1nccc2sncc12. The van der Waals surface area contributed by atoms with Crippen molar-refractivity contribution in [2.24, 2.45) is 0 Å². The summed E-state index contributed by atoms with van der Waals surface area (Å²) >= 11 is 19.2. The highest BCUT2D eigenvalue weighted by Gasteiger charge is 2.27. The molecule has 0 radical (unpaired) electrons. The number of nitrogens with one attached hydrogen (secondary N) is 2. The third-order valence-corrected chi connectivity index (χ3v) is 8.25. The number of pyridine rings is 1. The number of aromatic nitrogens is 2. The Balaban J connectivity index is 1.63. The standard InChI is InChI=1S/C23H17Cl3N4O5S2/c1-35-23(32)19(9-12-2-5-16(25)17(26)8-12)29-21(31)14-4-3-13(24)10-18(14)30-37(33,34)22-15-11-28-36-20(15)6-7-27-22/h2-8,10-11,19,30H,9H2,1H3,(H,29,31)/t19-/m0/s1. The molecule has 0 bridgehead atoms. The summed E-state index contributed by atoms with van der Waals surface area (Å²) in [5.41, 5.74) is 0.433. The summed E-state index contributed by atoms with van der Waals surface area (Å²) in [6, 6.07) is 9.37. The molecule has 2 heterocycles. The number of fused-ring (bicyclic) bond motifs is 1. The van der Waals surface area contributed by atoms with Crippen LogP contribution in [0.25, 0.3) is 10.1 Å². The molecular formula is C23H17Cl3N4O5S2. The van der Waals surface area contributed by atoms with Crippen molar-refractivity contribution in [1.82, 2.24) is 14.7 Å². The molecule has 0 saturated carbocycles. The van der Waals surface area contributed by atoms with Gasteiger partial charge in [0, 0.05) is 17.6 Å². The van der Waals surface area contributed by atoms with Crippen LogP contribution >= 0.6 is 46.3 Å². The Bertz CT molecular complexity index is 1610. The van der Waals surface area contributed by atoms with Gasteiger partial charge in [0.1, 0.15) is 6.04 Å². The van der Waals surface area contributed by atoms with Gasteiger partial charge < -0.3 is 10.1 Å². The summed E-state index contributed by atoms with van der Waals surface area (Å²) < 4.78 is 38.3. The molecule has 2 aromatic carbocycles. The largest absolute Gasteiger partial charge is 0.467 e. The second-order valence-electron chi connectivity index (χ2n) is 7.65. The lowest BCUT2D eigenvalue weighted by Gasteiger charge is -2.19. The molecule has 14 heteroatoms. The van der Waals surface area contributed by atoms with Gasteiger partial charge in [-0.2, -0.15) is 12.8 Å². The first-order valence-electron chi connectivity index (χ1n) is 10.4. The zero-order valence-corrected chi connectivity index (χ0v) is 22.8. The van der Waals surface area contributed by atoms with Gasteiger partial charge in [0.05, 0.1) is 44.7 Å². The van der Waals surface area contributed by atoms with Crippen molar-refractivity contribution < 1.29 is 22.7 Å². The molecule has 2 N–H and O–H groups in total. The zero-order valence-electron chi connectivity index (χ0n) is 18.9. The number of hydrogen-bond donors (Lipinski definition) is 2. The fraction of sp³-hybridized carbons (Fsp3) is 0.130. The molecule has 0 unspecified atom stereocenters. The quantitative estimate of drug-likeness (QED) is 0.274. The molecular weight excluding hydrogens is 583 g/mol. The number of hydrogen-bond acceptors (Lipinski definition) is 8. The van der Waals surface area contributed by atoms with E-state index in [1.807, 2.05) is 0 Å². The van der Waals surface area contributed by atoms with Crippen molar-refractivity contribution in [3.05, 3.63) is 81.1 Å². The van der Waals surface area contributed by atoms with Gasteiger partial charge in [-0.3, -0.25) is 9.52 Å². The number of methoxy groups -OCH3 is 1. The van der Waals surface area contributed by atoms with Crippen LogP contribution in [0.3, 0.4) is 0 Å². The number of halogens is 3. The smallest absolute Gasteiger partial charge is 0.328 e. The van der Waals surface area contributed by atoms with Gasteiger partial charge in [-0.25, -0.2) is 9.78 Å². The Kier molecular flexibility index (Phi) is 8.20. The van der Waals surface area contributed by atoms with E-state index < -0.39 is 27.9 Å². The summed E-state index contributed by atoms with van der Waals surface area (Å²) in [4.78, 5) is 29.7. The minimum absolute atomic E-state index is 0.0427. The number of anilines is 1. The molecule has 1 atom stereocenters. The van der Waals surface area contributed by atoms with Crippen LogP contribution in [-0.2, 0) is 26.0 Å². The van der Waals surface area contributed by atoms with E-state index in [1.54, 1.807) is 24.3 Å². The second-order valence-corrected chi connectivity index (χ2v) is 11.3. The number of benzene rings is 2. The fourth-order valence-corrected chi connectivity index (χ4v) is 5.86. The Morgan fingerprint density at radius 2 is 1.86 bits per heavy atom. The van der Waals surface area contributed by atoms with Crippen molar-refractivity contribution in [2.45, 2.75) is 17.5 Å². The molecule has 37 heavy (non-hydrogen) atoms. The monoisotopic (exact) mass is 598 g/mol. The summed E-state index contributed by atoms with van der Waals surface area (Å²) in [6.07, 6.45) is 2.79. The normalized spacial score (nSPS) is 12.2. The van der Waals surface area contributed by atoms with Crippen molar-refractivity contribution in [2.75, 3.05) is 11.8 Å². The molecule has 0 aliphatic rings. The highest BCUT2D eigenvalue weighted by molar-refractivity contribution is 7.92. The third kappa shape index (κ3) is 6.13. The lowest BCUT2D eigenvalue weighted by Crippen LogP contribution is -2.43. The summed E-state index contributed by atoms with van der Waals surface area (Å²) in [7, 11) is -3.06. The number of carbonyl (C=O) groups is 2. The van der Waals surface area contributed by atoms with Crippen LogP contribution in [0.1, 0.15) is 15.9 Å². The maximum absolute atomic E-state index is 13.2. The predicted octanol–water partition coefficient (Wildman–Crippen LogP) is 4.97. The van der Waals surface area contributed by atoms with Crippen LogP contribution < -0.4 is 10.0 Å². The molecule has 4 aromatic rings. The molecule has 0 aliphatic heterocycles. The number of amides is 1. The number of rotatable bonds is 8. The van der Waals surface area contributed by atoms with E-state index in [-0.39, 0.29) is 32.7 Å². The number of carbonyl (C=O) groups excluding carboxylic acids is 2. The number of sulfonamides is 1. The van der Waals surface area contributed by atoms with E-state index in [0.717, 1.165) is 11.5 Å². The van der Waals surface area contributed by atoms with E-state index in [0.29, 0.717) is 20.7 Å². The minimum atomic E-state index is -4.24. The first-order valence-corrected chi connectivity index (χ1v) is 13.8. The van der Waals surface area contributed by atoms with Crippen LogP contribution in [0.5, 0.6) is 0 Å². The minimum Gasteiger partial charge on any atom is -0.467 e. The van der Waals surface area contributed by atoms with Gasteiger partial charge in [-0.15, -0.1) is 0 Å². The van der Waals surface area contributed by atoms with E-state index in [2.05, 4.69) is 19.4 Å². The maximum atomic E-state index is 13.2. The van der Waals surface area contributed by atoms with Gasteiger partial charge in [0.15, 0.2) is 5.03 Å². The van der Waals surface area contributed by atoms with Crippen LogP contribution in [-0.4, -0.2) is 42.8 Å². The Hall–Kier alpha value is -2.96. The number of nitrogens with zero attached hydrogens (tertiary/aromatic N) is 2.